The highest BCUT2D eigenvalue weighted by atomic mass is 35.5. The van der Waals surface area contributed by atoms with Gasteiger partial charge in [0.2, 0.25) is 5.91 Å². The largest absolute Gasteiger partial charge is 0.419 e. The van der Waals surface area contributed by atoms with E-state index >= 15 is 0 Å². The highest BCUT2D eigenvalue weighted by Gasteiger charge is 2.28. The summed E-state index contributed by atoms with van der Waals surface area (Å²) in [6.45, 7) is 2.07. The minimum Gasteiger partial charge on any atom is -0.419 e. The molecule has 4 heterocycles. The van der Waals surface area contributed by atoms with Gasteiger partial charge in [0, 0.05) is 63.0 Å². The van der Waals surface area contributed by atoms with Crippen molar-refractivity contribution in [1.82, 2.24) is 29.7 Å². The van der Waals surface area contributed by atoms with Crippen molar-refractivity contribution in [3.8, 4) is 23.1 Å². The van der Waals surface area contributed by atoms with E-state index in [1.165, 1.54) is 11.1 Å². The predicted octanol–water partition coefficient (Wildman–Crippen LogP) is 4.15. The number of urea groups is 1. The van der Waals surface area contributed by atoms with Crippen molar-refractivity contribution >= 4 is 35.2 Å². The first-order valence-electron chi connectivity index (χ1n) is 12.6. The minimum atomic E-state index is -0.981. The molecule has 0 spiro atoms. The van der Waals surface area contributed by atoms with Crippen molar-refractivity contribution in [3.63, 3.8) is 0 Å². The lowest BCUT2D eigenvalue weighted by atomic mass is 10.1. The fourth-order valence-corrected chi connectivity index (χ4v) is 5.18. The second kappa shape index (κ2) is 10.4. The van der Waals surface area contributed by atoms with Gasteiger partial charge >= 0.3 is 12.0 Å². The van der Waals surface area contributed by atoms with E-state index in [1.807, 2.05) is 23.7 Å². The molecule has 0 saturated carbocycles. The number of nitrogen functional groups attached to an aromatic ring is 1. The Balaban J connectivity index is 1.14. The topological polar surface area (TPSA) is 132 Å². The number of imidazole rings is 1. The number of carbonyl (C=O) groups is 2. The van der Waals surface area contributed by atoms with Crippen LogP contribution >= 0.6 is 11.6 Å². The van der Waals surface area contributed by atoms with Gasteiger partial charge in [-0.25, -0.2) is 23.5 Å². The first-order valence-corrected chi connectivity index (χ1v) is 13.0. The Morgan fingerprint density at radius 1 is 1.10 bits per heavy atom. The number of carbonyl (C=O) groups excluding carboxylic acids is 2. The van der Waals surface area contributed by atoms with Crippen molar-refractivity contribution in [1.29, 1.82) is 0 Å². The van der Waals surface area contributed by atoms with E-state index in [1.54, 1.807) is 6.20 Å². The van der Waals surface area contributed by atoms with Crippen molar-refractivity contribution < 1.29 is 23.1 Å². The number of nitrogens with zero attached hydrogens (tertiary/aromatic N) is 6. The van der Waals surface area contributed by atoms with E-state index < -0.39 is 17.7 Å². The van der Waals surface area contributed by atoms with Crippen LogP contribution in [-0.2, 0) is 31.5 Å². The van der Waals surface area contributed by atoms with Crippen molar-refractivity contribution in [3.05, 3.63) is 76.1 Å². The molecule has 3 N–H and O–H groups in total. The van der Waals surface area contributed by atoms with Crippen LogP contribution in [0.15, 0.2) is 42.7 Å². The Bertz CT molecular complexity index is 1690. The zero-order valence-corrected chi connectivity index (χ0v) is 22.5. The fourth-order valence-electron chi connectivity index (χ4n) is 4.95. The molecular formula is C27H23ClF2N8O3. The van der Waals surface area contributed by atoms with Crippen molar-refractivity contribution in [2.24, 2.45) is 7.05 Å². The van der Waals surface area contributed by atoms with Crippen molar-refractivity contribution in [2.45, 2.75) is 26.1 Å². The number of rotatable bonds is 6. The predicted molar refractivity (Wildman–Crippen MR) is 145 cm³/mol. The van der Waals surface area contributed by atoms with Gasteiger partial charge in [-0.1, -0.05) is 23.7 Å². The number of amides is 3. The maximum absolute atomic E-state index is 14.1. The Hall–Kier alpha value is -4.62. The first-order chi connectivity index (χ1) is 19.7. The fraction of sp³-hybridized carbons (Fsp3) is 0.222. The molecule has 0 atom stereocenters. The number of anilines is 2. The monoisotopic (exact) mass is 580 g/mol. The summed E-state index contributed by atoms with van der Waals surface area (Å²) < 4.78 is 34.5. The number of ether oxygens (including phenoxy) is 1. The van der Waals surface area contributed by atoms with Crippen LogP contribution in [0.1, 0.15) is 23.1 Å². The molecule has 3 amide bonds. The van der Waals surface area contributed by atoms with Crippen LogP contribution in [0.25, 0.3) is 11.4 Å². The molecule has 41 heavy (non-hydrogen) atoms. The summed E-state index contributed by atoms with van der Waals surface area (Å²) in [6.07, 6.45) is 3.35. The number of halogens is 3. The van der Waals surface area contributed by atoms with E-state index in [9.17, 15) is 18.4 Å². The molecule has 1 saturated heterocycles. The molecule has 0 unspecified atom stereocenters. The van der Waals surface area contributed by atoms with Gasteiger partial charge in [0.25, 0.3) is 0 Å². The smallest absolute Gasteiger partial charge is 0.329 e. The Morgan fingerprint density at radius 2 is 1.90 bits per heavy atom. The van der Waals surface area contributed by atoms with Crippen LogP contribution in [0, 0.1) is 11.6 Å². The third kappa shape index (κ3) is 5.16. The molecule has 2 aromatic carbocycles. The third-order valence-corrected chi connectivity index (χ3v) is 7.25. The lowest BCUT2D eigenvalue weighted by molar-refractivity contribution is -0.120. The molecule has 4 aromatic rings. The Kier molecular flexibility index (Phi) is 6.75. The SMILES string of the molecule is Cn1c(N2CCC(=O)NC2=O)cnc1-c1ccc2c(c1)CN(Cc1cnc(Oc3c(F)cc(F)cc3Cl)nc1N)C2. The molecule has 2 aliphatic heterocycles. The number of aromatic nitrogens is 4. The average molecular weight is 581 g/mol. The average Bonchev–Trinajstić information content (AvgIpc) is 3.50. The number of hydrogen-bond donors (Lipinski definition) is 2. The lowest BCUT2D eigenvalue weighted by Crippen LogP contribution is -2.50. The lowest BCUT2D eigenvalue weighted by Gasteiger charge is -2.26. The summed E-state index contributed by atoms with van der Waals surface area (Å²) in [7, 11) is 1.83. The van der Waals surface area contributed by atoms with Gasteiger partial charge < -0.3 is 15.0 Å². The molecule has 14 heteroatoms. The van der Waals surface area contributed by atoms with Crippen LogP contribution in [0.2, 0.25) is 5.02 Å². The molecule has 0 radical (unpaired) electrons. The minimum absolute atomic E-state index is 0.161. The van der Waals surface area contributed by atoms with Gasteiger partial charge in [0.05, 0.1) is 11.2 Å². The van der Waals surface area contributed by atoms with Gasteiger partial charge in [-0.3, -0.25) is 19.9 Å². The molecule has 0 aliphatic carbocycles. The molecule has 6 rings (SSSR count). The molecule has 2 aromatic heterocycles. The standard InChI is InChI=1S/C27H23ClF2N8O3/c1-36-22(38-5-4-21(39)34-27(38)40)10-32-25(36)14-2-3-15-11-37(12-16(15)6-14)13-17-9-33-26(35-24(17)31)41-23-19(28)7-18(29)8-20(23)30/h2-3,6-10H,4-5,11-13H2,1H3,(H2,31,33,35)(H,34,39,40). The van der Waals surface area contributed by atoms with E-state index in [2.05, 4.69) is 31.2 Å². The van der Waals surface area contributed by atoms with Crippen LogP contribution in [0.5, 0.6) is 11.8 Å². The molecule has 11 nitrogen and oxygen atoms in total. The van der Waals surface area contributed by atoms with Gasteiger partial charge in [0.1, 0.15) is 23.3 Å². The summed E-state index contributed by atoms with van der Waals surface area (Å²) in [6, 6.07) is 7.00. The van der Waals surface area contributed by atoms with E-state index in [0.717, 1.165) is 22.8 Å². The maximum atomic E-state index is 14.1. The molecule has 2 aliphatic rings. The van der Waals surface area contributed by atoms with Gasteiger partial charge in [-0.15, -0.1) is 0 Å². The quantitative estimate of drug-likeness (QED) is 0.348. The first kappa shape index (κ1) is 26.6. The summed E-state index contributed by atoms with van der Waals surface area (Å²) in [5.41, 5.74) is 9.97. The number of benzene rings is 2. The summed E-state index contributed by atoms with van der Waals surface area (Å²) in [4.78, 5) is 40.3. The highest BCUT2D eigenvalue weighted by molar-refractivity contribution is 6.32. The van der Waals surface area contributed by atoms with Gasteiger partial charge in [-0.2, -0.15) is 4.98 Å². The number of imide groups is 1. The van der Waals surface area contributed by atoms with Crippen LogP contribution in [0.3, 0.4) is 0 Å². The Morgan fingerprint density at radius 3 is 2.66 bits per heavy atom. The molecule has 0 bridgehead atoms. The summed E-state index contributed by atoms with van der Waals surface area (Å²) >= 11 is 5.89. The molecule has 210 valence electrons. The van der Waals surface area contributed by atoms with Gasteiger partial charge in [-0.05, 0) is 23.3 Å². The van der Waals surface area contributed by atoms with Crippen LogP contribution < -0.4 is 20.7 Å². The molecular weight excluding hydrogens is 558 g/mol. The van der Waals surface area contributed by atoms with E-state index in [0.29, 0.717) is 49.5 Å². The van der Waals surface area contributed by atoms with Crippen molar-refractivity contribution in [2.75, 3.05) is 17.2 Å². The normalized spacial score (nSPS) is 15.3. The van der Waals surface area contributed by atoms with E-state index in [4.69, 9.17) is 22.1 Å². The third-order valence-electron chi connectivity index (χ3n) is 6.97. The summed E-state index contributed by atoms with van der Waals surface area (Å²) in [5.74, 6) is -1.04. The number of nitrogens with one attached hydrogen (secondary N) is 1. The Labute approximate surface area is 237 Å². The second-order valence-corrected chi connectivity index (χ2v) is 10.2. The van der Waals surface area contributed by atoms with E-state index in [-0.39, 0.29) is 34.9 Å². The van der Waals surface area contributed by atoms with Crippen LogP contribution in [0.4, 0.5) is 25.2 Å². The zero-order chi connectivity index (χ0) is 28.8. The number of hydrogen-bond acceptors (Lipinski definition) is 8. The maximum Gasteiger partial charge on any atom is 0.329 e. The summed E-state index contributed by atoms with van der Waals surface area (Å²) in [5, 5.41) is 2.08. The number of fused-ring (bicyclic) bond motifs is 1. The zero-order valence-electron chi connectivity index (χ0n) is 21.7. The number of nitrogens with two attached hydrogens (primary N) is 1. The van der Waals surface area contributed by atoms with Crippen LogP contribution in [-0.4, -0.2) is 42.9 Å². The second-order valence-electron chi connectivity index (χ2n) is 9.75. The molecule has 1 fully saturated rings. The highest BCUT2D eigenvalue weighted by Crippen LogP contribution is 2.33. The van der Waals surface area contributed by atoms with Gasteiger partial charge in [0.15, 0.2) is 11.6 Å².